The van der Waals surface area contributed by atoms with Gasteiger partial charge in [-0.1, -0.05) is 36.8 Å². The number of carbonyl (C=O) groups is 1. The number of nitrogens with zero attached hydrogens (tertiary/aromatic N) is 1. The number of benzene rings is 1. The van der Waals surface area contributed by atoms with Crippen molar-refractivity contribution in [3.8, 4) is 0 Å². The molecule has 1 heterocycles. The Morgan fingerprint density at radius 3 is 2.84 bits per heavy atom. The molecular formula is C21H26N2OS. The van der Waals surface area contributed by atoms with Crippen LogP contribution in [0.2, 0.25) is 0 Å². The van der Waals surface area contributed by atoms with Crippen molar-refractivity contribution in [2.24, 2.45) is 17.8 Å². The van der Waals surface area contributed by atoms with Gasteiger partial charge in [-0.05, 0) is 49.5 Å². The Balaban J connectivity index is 1.29. The van der Waals surface area contributed by atoms with Crippen molar-refractivity contribution < 1.29 is 4.79 Å². The first-order valence-corrected chi connectivity index (χ1v) is 10.3. The normalized spacial score (nSPS) is 25.9. The highest BCUT2D eigenvalue weighted by Gasteiger charge is 2.42. The van der Waals surface area contributed by atoms with Crippen molar-refractivity contribution in [2.45, 2.75) is 51.5 Å². The maximum atomic E-state index is 12.4. The topological polar surface area (TPSA) is 42.0 Å². The average molecular weight is 355 g/mol. The second-order valence-electron chi connectivity index (χ2n) is 7.77. The molecular weight excluding hydrogens is 328 g/mol. The van der Waals surface area contributed by atoms with E-state index in [-0.39, 0.29) is 5.91 Å². The van der Waals surface area contributed by atoms with E-state index in [0.29, 0.717) is 18.4 Å². The van der Waals surface area contributed by atoms with Gasteiger partial charge in [0.1, 0.15) is 0 Å². The van der Waals surface area contributed by atoms with Gasteiger partial charge >= 0.3 is 0 Å². The van der Waals surface area contributed by atoms with Crippen LogP contribution < -0.4 is 5.32 Å². The van der Waals surface area contributed by atoms with E-state index in [1.165, 1.54) is 31.2 Å². The van der Waals surface area contributed by atoms with Gasteiger partial charge in [-0.2, -0.15) is 0 Å². The minimum Gasteiger partial charge on any atom is -0.353 e. The third-order valence-corrected chi connectivity index (χ3v) is 6.86. The lowest BCUT2D eigenvalue weighted by Crippen LogP contribution is -2.40. The molecule has 2 aromatic rings. The highest BCUT2D eigenvalue weighted by Crippen LogP contribution is 2.49. The lowest BCUT2D eigenvalue weighted by atomic mass is 9.84. The summed E-state index contributed by atoms with van der Waals surface area (Å²) < 4.78 is 0. The Morgan fingerprint density at radius 2 is 2.12 bits per heavy atom. The Morgan fingerprint density at radius 1 is 1.28 bits per heavy atom. The lowest BCUT2D eigenvalue weighted by molar-refractivity contribution is -0.121. The summed E-state index contributed by atoms with van der Waals surface area (Å²) in [5.74, 6) is 2.57. The molecule has 1 amide bonds. The number of aromatic nitrogens is 1. The van der Waals surface area contributed by atoms with Gasteiger partial charge in [0, 0.05) is 17.8 Å². The highest BCUT2D eigenvalue weighted by atomic mass is 32.1. The van der Waals surface area contributed by atoms with E-state index in [1.807, 2.05) is 23.6 Å². The van der Waals surface area contributed by atoms with Gasteiger partial charge in [-0.15, -0.1) is 11.3 Å². The van der Waals surface area contributed by atoms with Gasteiger partial charge < -0.3 is 5.32 Å². The van der Waals surface area contributed by atoms with Crippen LogP contribution >= 0.6 is 11.3 Å². The van der Waals surface area contributed by atoms with E-state index in [2.05, 4.69) is 29.4 Å². The summed E-state index contributed by atoms with van der Waals surface area (Å²) in [5, 5.41) is 6.35. The molecule has 2 saturated carbocycles. The molecule has 4 rings (SSSR count). The first-order chi connectivity index (χ1) is 12.2. The van der Waals surface area contributed by atoms with E-state index >= 15 is 0 Å². The molecule has 25 heavy (non-hydrogen) atoms. The Kier molecular flexibility index (Phi) is 4.89. The van der Waals surface area contributed by atoms with E-state index < -0.39 is 0 Å². The van der Waals surface area contributed by atoms with E-state index in [9.17, 15) is 4.79 Å². The third kappa shape index (κ3) is 3.95. The van der Waals surface area contributed by atoms with Crippen molar-refractivity contribution in [3.63, 3.8) is 0 Å². The van der Waals surface area contributed by atoms with Crippen molar-refractivity contribution in [3.05, 3.63) is 52.0 Å². The van der Waals surface area contributed by atoms with Crippen LogP contribution in [0.4, 0.5) is 0 Å². The predicted octanol–water partition coefficient (Wildman–Crippen LogP) is 4.22. The first-order valence-electron chi connectivity index (χ1n) is 9.44. The quantitative estimate of drug-likeness (QED) is 0.844. The predicted molar refractivity (Wildman–Crippen MR) is 102 cm³/mol. The zero-order chi connectivity index (χ0) is 17.2. The van der Waals surface area contributed by atoms with Gasteiger partial charge in [0.2, 0.25) is 5.91 Å². The van der Waals surface area contributed by atoms with Crippen molar-refractivity contribution in [2.75, 3.05) is 0 Å². The Bertz CT molecular complexity index is 727. The zero-order valence-corrected chi connectivity index (χ0v) is 15.6. The number of thiazole rings is 1. The summed E-state index contributed by atoms with van der Waals surface area (Å²) in [6.07, 6.45) is 6.71. The summed E-state index contributed by atoms with van der Waals surface area (Å²) >= 11 is 1.65. The van der Waals surface area contributed by atoms with E-state index in [0.717, 1.165) is 29.0 Å². The lowest BCUT2D eigenvalue weighted by Gasteiger charge is -2.28. The van der Waals surface area contributed by atoms with Crippen molar-refractivity contribution >= 4 is 17.2 Å². The fourth-order valence-corrected chi connectivity index (χ4v) is 5.59. The first kappa shape index (κ1) is 16.8. The molecule has 1 aromatic heterocycles. The number of fused-ring (bicyclic) bond motifs is 2. The number of nitrogens with one attached hydrogen (secondary N) is 1. The maximum Gasteiger partial charge on any atom is 0.226 e. The number of hydrogen-bond donors (Lipinski definition) is 1. The minimum absolute atomic E-state index is 0.117. The molecule has 0 saturated heterocycles. The average Bonchev–Trinajstić information content (AvgIpc) is 3.33. The zero-order valence-electron chi connectivity index (χ0n) is 14.8. The molecule has 4 heteroatoms. The monoisotopic (exact) mass is 354 g/mol. The molecule has 4 unspecified atom stereocenters. The number of carbonyl (C=O) groups excluding carboxylic acids is 1. The summed E-state index contributed by atoms with van der Waals surface area (Å²) in [7, 11) is 0. The SMILES string of the molecule is CC(NC(=O)Cc1csc(Cc2ccccc2)n1)C1CC2CCC1C2. The standard InChI is InChI=1S/C21H26N2OS/c1-14(19-10-16-7-8-17(19)9-16)22-20(24)12-18-13-25-21(23-18)11-15-5-3-2-4-6-15/h2-6,13-14,16-17,19H,7-12H2,1H3,(H,22,24). The van der Waals surface area contributed by atoms with Gasteiger partial charge in [0.15, 0.2) is 0 Å². The van der Waals surface area contributed by atoms with Crippen LogP contribution in [0.15, 0.2) is 35.7 Å². The summed E-state index contributed by atoms with van der Waals surface area (Å²) in [5.41, 5.74) is 2.16. The molecule has 1 N–H and O–H groups in total. The van der Waals surface area contributed by atoms with Crippen LogP contribution in [-0.2, 0) is 17.6 Å². The van der Waals surface area contributed by atoms with Gasteiger partial charge in [-0.3, -0.25) is 4.79 Å². The van der Waals surface area contributed by atoms with Gasteiger partial charge in [-0.25, -0.2) is 4.98 Å². The smallest absolute Gasteiger partial charge is 0.226 e. The minimum atomic E-state index is 0.117. The maximum absolute atomic E-state index is 12.4. The molecule has 0 spiro atoms. The molecule has 0 radical (unpaired) electrons. The Hall–Kier alpha value is -1.68. The van der Waals surface area contributed by atoms with Crippen LogP contribution in [-0.4, -0.2) is 16.9 Å². The summed E-state index contributed by atoms with van der Waals surface area (Å²) in [6.45, 7) is 2.19. The molecule has 3 nitrogen and oxygen atoms in total. The number of hydrogen-bond acceptors (Lipinski definition) is 3. The number of rotatable bonds is 6. The summed E-state index contributed by atoms with van der Waals surface area (Å²) in [4.78, 5) is 17.1. The molecule has 4 atom stereocenters. The fourth-order valence-electron chi connectivity index (χ4n) is 4.76. The molecule has 1 aromatic carbocycles. The van der Waals surface area contributed by atoms with Crippen molar-refractivity contribution in [1.82, 2.24) is 10.3 Å². The number of amides is 1. The molecule has 2 bridgehead atoms. The summed E-state index contributed by atoms with van der Waals surface area (Å²) in [6, 6.07) is 10.7. The largest absolute Gasteiger partial charge is 0.353 e. The highest BCUT2D eigenvalue weighted by molar-refractivity contribution is 7.09. The fraction of sp³-hybridized carbons (Fsp3) is 0.524. The molecule has 2 aliphatic rings. The molecule has 2 aliphatic carbocycles. The van der Waals surface area contributed by atoms with E-state index in [1.54, 1.807) is 11.3 Å². The van der Waals surface area contributed by atoms with Crippen LogP contribution in [0, 0.1) is 17.8 Å². The Labute approximate surface area is 153 Å². The molecule has 132 valence electrons. The van der Waals surface area contributed by atoms with Crippen LogP contribution in [0.3, 0.4) is 0 Å². The van der Waals surface area contributed by atoms with E-state index in [4.69, 9.17) is 0 Å². The second kappa shape index (κ2) is 7.28. The third-order valence-electron chi connectivity index (χ3n) is 5.96. The van der Waals surface area contributed by atoms with Crippen LogP contribution in [0.5, 0.6) is 0 Å². The van der Waals surface area contributed by atoms with Crippen molar-refractivity contribution in [1.29, 1.82) is 0 Å². The molecule has 2 fully saturated rings. The second-order valence-corrected chi connectivity index (χ2v) is 8.71. The van der Waals surface area contributed by atoms with Crippen LogP contribution in [0.1, 0.15) is 48.9 Å². The van der Waals surface area contributed by atoms with Gasteiger partial charge in [0.05, 0.1) is 17.1 Å². The van der Waals surface area contributed by atoms with Gasteiger partial charge in [0.25, 0.3) is 0 Å². The molecule has 0 aliphatic heterocycles. The van der Waals surface area contributed by atoms with Crippen LogP contribution in [0.25, 0.3) is 0 Å².